The summed E-state index contributed by atoms with van der Waals surface area (Å²) in [4.78, 5) is 15.2. The minimum Gasteiger partial charge on any atom is -0.495 e. The van der Waals surface area contributed by atoms with Gasteiger partial charge in [-0.15, -0.1) is 0 Å². The summed E-state index contributed by atoms with van der Waals surface area (Å²) >= 11 is 0. The van der Waals surface area contributed by atoms with E-state index in [1.54, 1.807) is 36.4 Å². The molecule has 7 nitrogen and oxygen atoms in total. The molecule has 2 aromatic carbocycles. The monoisotopic (exact) mass is 429 g/mol. The van der Waals surface area contributed by atoms with E-state index in [-0.39, 0.29) is 16.8 Å². The number of carbonyl (C=O) groups excluding carboxylic acids is 1. The summed E-state index contributed by atoms with van der Waals surface area (Å²) in [6, 6.07) is 13.7. The van der Waals surface area contributed by atoms with Gasteiger partial charge >= 0.3 is 0 Å². The van der Waals surface area contributed by atoms with E-state index < -0.39 is 10.0 Å². The molecule has 1 heterocycles. The highest BCUT2D eigenvalue weighted by molar-refractivity contribution is 7.92. The second kappa shape index (κ2) is 8.65. The summed E-state index contributed by atoms with van der Waals surface area (Å²) in [5.41, 5.74) is 0.815. The van der Waals surface area contributed by atoms with Gasteiger partial charge in [-0.2, -0.15) is 0 Å². The van der Waals surface area contributed by atoms with Gasteiger partial charge in [0.25, 0.3) is 15.9 Å². The molecule has 4 rings (SSSR count). The van der Waals surface area contributed by atoms with Gasteiger partial charge in [0.2, 0.25) is 0 Å². The van der Waals surface area contributed by atoms with Crippen molar-refractivity contribution in [2.45, 2.75) is 42.7 Å². The summed E-state index contributed by atoms with van der Waals surface area (Å²) < 4.78 is 33.1. The smallest absolute Gasteiger partial charge is 0.262 e. The predicted octanol–water partition coefficient (Wildman–Crippen LogP) is 2.85. The Hall–Kier alpha value is -2.58. The third-order valence-electron chi connectivity index (χ3n) is 5.71. The number of para-hydroxylation sites is 2. The maximum atomic E-state index is 12.7. The number of carbonyl (C=O) groups is 1. The van der Waals surface area contributed by atoms with E-state index >= 15 is 0 Å². The predicted molar refractivity (Wildman–Crippen MR) is 115 cm³/mol. The third kappa shape index (κ3) is 4.76. The average Bonchev–Trinajstić information content (AvgIpc) is 3.60. The van der Waals surface area contributed by atoms with Crippen molar-refractivity contribution in [1.29, 1.82) is 0 Å². The van der Waals surface area contributed by atoms with E-state index in [0.29, 0.717) is 17.0 Å². The largest absolute Gasteiger partial charge is 0.495 e. The molecule has 2 N–H and O–H groups in total. The fourth-order valence-electron chi connectivity index (χ4n) is 3.84. The number of sulfonamides is 1. The topological polar surface area (TPSA) is 87.7 Å². The van der Waals surface area contributed by atoms with Gasteiger partial charge in [0.15, 0.2) is 0 Å². The van der Waals surface area contributed by atoms with E-state index in [1.807, 2.05) is 0 Å². The number of piperidine rings is 1. The van der Waals surface area contributed by atoms with Gasteiger partial charge in [0, 0.05) is 30.7 Å². The van der Waals surface area contributed by atoms with Crippen molar-refractivity contribution >= 4 is 21.6 Å². The first-order chi connectivity index (χ1) is 14.5. The van der Waals surface area contributed by atoms with Crippen molar-refractivity contribution in [2.75, 3.05) is 24.9 Å². The van der Waals surface area contributed by atoms with E-state index in [9.17, 15) is 13.2 Å². The van der Waals surface area contributed by atoms with Crippen LogP contribution in [0.3, 0.4) is 0 Å². The SMILES string of the molecule is COc1ccccc1NS(=O)(=O)c1ccc(C(=O)NC2CCN(C3CC3)CC2)cc1. The number of likely N-dealkylation sites (tertiary alicyclic amines) is 1. The normalized spacial score (nSPS) is 18.0. The second-order valence-corrected chi connectivity index (χ2v) is 9.53. The minimum atomic E-state index is -3.79. The number of ether oxygens (including phenoxy) is 1. The van der Waals surface area contributed by atoms with E-state index in [0.717, 1.165) is 32.0 Å². The second-order valence-electron chi connectivity index (χ2n) is 7.85. The molecule has 1 saturated carbocycles. The molecule has 1 aliphatic carbocycles. The van der Waals surface area contributed by atoms with Crippen LogP contribution in [0, 0.1) is 0 Å². The van der Waals surface area contributed by atoms with Crippen LogP contribution in [0.5, 0.6) is 5.75 Å². The van der Waals surface area contributed by atoms with Crippen molar-refractivity contribution < 1.29 is 17.9 Å². The maximum Gasteiger partial charge on any atom is 0.262 e. The zero-order valence-corrected chi connectivity index (χ0v) is 17.8. The Bertz CT molecular complexity index is 995. The number of nitrogens with one attached hydrogen (secondary N) is 2. The zero-order valence-electron chi connectivity index (χ0n) is 17.0. The van der Waals surface area contributed by atoms with Gasteiger partial charge in [-0.05, 0) is 62.1 Å². The number of rotatable bonds is 7. The van der Waals surface area contributed by atoms with Crippen molar-refractivity contribution in [3.63, 3.8) is 0 Å². The van der Waals surface area contributed by atoms with Crippen LogP contribution < -0.4 is 14.8 Å². The summed E-state index contributed by atoms with van der Waals surface area (Å²) in [6.45, 7) is 2.06. The molecule has 2 aromatic rings. The van der Waals surface area contributed by atoms with Crippen LogP contribution in [0.1, 0.15) is 36.0 Å². The van der Waals surface area contributed by atoms with Crippen LogP contribution in [-0.2, 0) is 10.0 Å². The van der Waals surface area contributed by atoms with Crippen LogP contribution in [0.25, 0.3) is 0 Å². The minimum absolute atomic E-state index is 0.0858. The number of anilines is 1. The molecule has 160 valence electrons. The Morgan fingerprint density at radius 1 is 1.00 bits per heavy atom. The zero-order chi connectivity index (χ0) is 21.1. The lowest BCUT2D eigenvalue weighted by Gasteiger charge is -2.32. The Kier molecular flexibility index (Phi) is 5.97. The average molecular weight is 430 g/mol. The number of nitrogens with zero attached hydrogens (tertiary/aromatic N) is 1. The molecule has 1 aliphatic heterocycles. The lowest BCUT2D eigenvalue weighted by atomic mass is 10.0. The molecule has 1 amide bonds. The highest BCUT2D eigenvalue weighted by Crippen LogP contribution is 2.29. The standard InChI is InChI=1S/C22H27N3O4S/c1-29-21-5-3-2-4-20(21)24-30(27,28)19-10-6-16(7-11-19)22(26)23-17-12-14-25(15-13-17)18-8-9-18/h2-7,10-11,17-18,24H,8-9,12-15H2,1H3,(H,23,26). The first kappa shape index (κ1) is 20.7. The van der Waals surface area contributed by atoms with Gasteiger partial charge in [0.05, 0.1) is 17.7 Å². The highest BCUT2D eigenvalue weighted by Gasteiger charge is 2.32. The Labute approximate surface area is 177 Å². The molecular formula is C22H27N3O4S. The summed E-state index contributed by atoms with van der Waals surface area (Å²) in [7, 11) is -2.31. The molecule has 0 aromatic heterocycles. The van der Waals surface area contributed by atoms with Crippen LogP contribution in [0.4, 0.5) is 5.69 Å². The first-order valence-corrected chi connectivity index (χ1v) is 11.8. The molecular weight excluding hydrogens is 402 g/mol. The van der Waals surface area contributed by atoms with Crippen molar-refractivity contribution in [2.24, 2.45) is 0 Å². The van der Waals surface area contributed by atoms with Gasteiger partial charge in [-0.1, -0.05) is 12.1 Å². The number of hydrogen-bond acceptors (Lipinski definition) is 5. The number of amides is 1. The van der Waals surface area contributed by atoms with Gasteiger partial charge < -0.3 is 15.0 Å². The van der Waals surface area contributed by atoms with Gasteiger partial charge in [-0.25, -0.2) is 8.42 Å². The first-order valence-electron chi connectivity index (χ1n) is 10.3. The summed E-state index contributed by atoms with van der Waals surface area (Å²) in [6.07, 6.45) is 4.52. The summed E-state index contributed by atoms with van der Waals surface area (Å²) in [5, 5.41) is 3.08. The molecule has 0 spiro atoms. The van der Waals surface area contributed by atoms with Crippen molar-refractivity contribution in [3.05, 3.63) is 54.1 Å². The molecule has 2 fully saturated rings. The van der Waals surface area contributed by atoms with E-state index in [4.69, 9.17) is 4.74 Å². The number of benzene rings is 2. The lowest BCUT2D eigenvalue weighted by molar-refractivity contribution is 0.0909. The molecule has 30 heavy (non-hydrogen) atoms. The van der Waals surface area contributed by atoms with Crippen LogP contribution in [0.15, 0.2) is 53.4 Å². The molecule has 0 radical (unpaired) electrons. The molecule has 0 unspecified atom stereocenters. The number of methoxy groups -OCH3 is 1. The molecule has 2 aliphatic rings. The maximum absolute atomic E-state index is 12.7. The quantitative estimate of drug-likeness (QED) is 0.707. The lowest BCUT2D eigenvalue weighted by Crippen LogP contribution is -2.45. The van der Waals surface area contributed by atoms with Crippen LogP contribution in [-0.4, -0.2) is 51.5 Å². The van der Waals surface area contributed by atoms with Gasteiger partial charge in [0.1, 0.15) is 5.75 Å². The van der Waals surface area contributed by atoms with E-state index in [2.05, 4.69) is 14.9 Å². The van der Waals surface area contributed by atoms with Gasteiger partial charge in [-0.3, -0.25) is 9.52 Å². The van der Waals surface area contributed by atoms with Crippen LogP contribution in [0.2, 0.25) is 0 Å². The van der Waals surface area contributed by atoms with Crippen molar-refractivity contribution in [3.8, 4) is 5.75 Å². The fraction of sp³-hybridized carbons (Fsp3) is 0.409. The Balaban J connectivity index is 1.37. The summed E-state index contributed by atoms with van der Waals surface area (Å²) in [5.74, 6) is 0.270. The fourth-order valence-corrected chi connectivity index (χ4v) is 4.91. The van der Waals surface area contributed by atoms with E-state index in [1.165, 1.54) is 32.1 Å². The Morgan fingerprint density at radius 3 is 2.30 bits per heavy atom. The van der Waals surface area contributed by atoms with Crippen LogP contribution >= 0.6 is 0 Å². The molecule has 1 saturated heterocycles. The number of hydrogen-bond donors (Lipinski definition) is 2. The molecule has 0 atom stereocenters. The van der Waals surface area contributed by atoms with Crippen molar-refractivity contribution in [1.82, 2.24) is 10.2 Å². The molecule has 8 heteroatoms. The highest BCUT2D eigenvalue weighted by atomic mass is 32.2. The Morgan fingerprint density at radius 2 is 1.67 bits per heavy atom. The third-order valence-corrected chi connectivity index (χ3v) is 7.09. The molecule has 0 bridgehead atoms.